The third-order valence-electron chi connectivity index (χ3n) is 2.76. The van der Waals surface area contributed by atoms with Crippen LogP contribution in [-0.2, 0) is 21.8 Å². The molecule has 1 fully saturated rings. The van der Waals surface area contributed by atoms with Gasteiger partial charge in [-0.25, -0.2) is 18.1 Å². The van der Waals surface area contributed by atoms with E-state index in [0.29, 0.717) is 19.6 Å². The number of imidazole rings is 1. The van der Waals surface area contributed by atoms with Crippen molar-refractivity contribution in [3.63, 3.8) is 0 Å². The number of anilines is 1. The fourth-order valence-electron chi connectivity index (χ4n) is 1.88. The summed E-state index contributed by atoms with van der Waals surface area (Å²) in [6, 6.07) is 0. The minimum atomic E-state index is -3.67. The van der Waals surface area contributed by atoms with Crippen molar-refractivity contribution in [2.45, 2.75) is 23.9 Å². The van der Waals surface area contributed by atoms with Crippen LogP contribution in [0.25, 0.3) is 0 Å². The number of nitrogens with two attached hydrogens (primary N) is 1. The quantitative estimate of drug-likeness (QED) is 0.760. The number of sulfonamides is 1. The molecule has 0 aliphatic carbocycles. The Balaban J connectivity index is 2.31. The molecule has 96 valence electrons. The Morgan fingerprint density at radius 2 is 2.35 bits per heavy atom. The van der Waals surface area contributed by atoms with Gasteiger partial charge in [0.05, 0.1) is 18.5 Å². The summed E-state index contributed by atoms with van der Waals surface area (Å²) < 4.78 is 33.6. The zero-order valence-electron chi connectivity index (χ0n) is 9.80. The minimum absolute atomic E-state index is 0.00233. The molecule has 2 heterocycles. The molecule has 3 N–H and O–H groups in total. The Morgan fingerprint density at radius 3 is 2.82 bits per heavy atom. The monoisotopic (exact) mass is 260 g/mol. The molecule has 0 bridgehead atoms. The molecule has 0 spiro atoms. The molecule has 1 unspecified atom stereocenters. The van der Waals surface area contributed by atoms with Gasteiger partial charge in [0.2, 0.25) is 0 Å². The Morgan fingerprint density at radius 1 is 1.65 bits per heavy atom. The average Bonchev–Trinajstić information content (AvgIpc) is 2.73. The first kappa shape index (κ1) is 12.3. The largest absolute Gasteiger partial charge is 0.381 e. The van der Waals surface area contributed by atoms with Gasteiger partial charge < -0.3 is 15.0 Å². The molecule has 0 radical (unpaired) electrons. The summed E-state index contributed by atoms with van der Waals surface area (Å²) in [6.45, 7) is 2.73. The number of aryl methyl sites for hydroxylation is 1. The molecule has 0 saturated carbocycles. The van der Waals surface area contributed by atoms with Gasteiger partial charge in [-0.2, -0.15) is 0 Å². The van der Waals surface area contributed by atoms with Gasteiger partial charge in [0.25, 0.3) is 10.0 Å². The number of hydrogen-bond acceptors (Lipinski definition) is 5. The van der Waals surface area contributed by atoms with Gasteiger partial charge in [-0.1, -0.05) is 0 Å². The molecule has 1 aliphatic heterocycles. The lowest BCUT2D eigenvalue weighted by molar-refractivity contribution is 0.178. The molecule has 1 aliphatic rings. The van der Waals surface area contributed by atoms with E-state index in [1.807, 2.05) is 6.92 Å². The first-order valence-electron chi connectivity index (χ1n) is 5.23. The fourth-order valence-corrected chi connectivity index (χ4v) is 3.55. The van der Waals surface area contributed by atoms with E-state index in [0.717, 1.165) is 0 Å². The molecular weight excluding hydrogens is 244 g/mol. The third kappa shape index (κ3) is 2.28. The number of rotatable bonds is 3. The zero-order chi connectivity index (χ0) is 12.7. The van der Waals surface area contributed by atoms with E-state index in [4.69, 9.17) is 10.5 Å². The molecule has 17 heavy (non-hydrogen) atoms. The van der Waals surface area contributed by atoms with Gasteiger partial charge in [-0.05, 0) is 13.3 Å². The second-order valence-corrected chi connectivity index (χ2v) is 6.11. The second kappa shape index (κ2) is 3.97. The third-order valence-corrected chi connectivity index (χ3v) is 4.53. The molecule has 7 nitrogen and oxygen atoms in total. The van der Waals surface area contributed by atoms with Gasteiger partial charge in [-0.3, -0.25) is 0 Å². The lowest BCUT2D eigenvalue weighted by Crippen LogP contribution is -2.46. The highest BCUT2D eigenvalue weighted by Crippen LogP contribution is 2.23. The van der Waals surface area contributed by atoms with Crippen molar-refractivity contribution >= 4 is 15.8 Å². The summed E-state index contributed by atoms with van der Waals surface area (Å²) in [5.74, 6) is 0.00233. The van der Waals surface area contributed by atoms with Crippen molar-refractivity contribution in [3.8, 4) is 0 Å². The highest BCUT2D eigenvalue weighted by Gasteiger charge is 2.36. The second-order valence-electron chi connectivity index (χ2n) is 4.51. The topological polar surface area (TPSA) is 99.2 Å². The van der Waals surface area contributed by atoms with E-state index in [9.17, 15) is 8.42 Å². The van der Waals surface area contributed by atoms with Crippen LogP contribution in [0.4, 0.5) is 5.82 Å². The van der Waals surface area contributed by atoms with Gasteiger partial charge in [0.15, 0.2) is 10.8 Å². The zero-order valence-corrected chi connectivity index (χ0v) is 10.6. The van der Waals surface area contributed by atoms with Crippen LogP contribution in [0.1, 0.15) is 13.3 Å². The van der Waals surface area contributed by atoms with Crippen LogP contribution < -0.4 is 10.5 Å². The number of ether oxygens (including phenoxy) is 1. The van der Waals surface area contributed by atoms with Crippen molar-refractivity contribution in [1.29, 1.82) is 0 Å². The van der Waals surface area contributed by atoms with E-state index < -0.39 is 15.6 Å². The summed E-state index contributed by atoms with van der Waals surface area (Å²) in [5.41, 5.74) is 4.99. The number of nitrogen functional groups attached to an aromatic ring is 1. The maximum absolute atomic E-state index is 12.2. The lowest BCUT2D eigenvalue weighted by atomic mass is 10.0. The van der Waals surface area contributed by atoms with Crippen LogP contribution in [0.2, 0.25) is 0 Å². The van der Waals surface area contributed by atoms with E-state index in [2.05, 4.69) is 9.71 Å². The smallest absolute Gasteiger partial charge is 0.260 e. The van der Waals surface area contributed by atoms with Crippen LogP contribution in [-0.4, -0.2) is 36.7 Å². The van der Waals surface area contributed by atoms with Gasteiger partial charge >= 0.3 is 0 Å². The Hall–Kier alpha value is -1.12. The van der Waals surface area contributed by atoms with Crippen LogP contribution >= 0.6 is 0 Å². The maximum Gasteiger partial charge on any atom is 0.260 e. The first-order valence-corrected chi connectivity index (χ1v) is 6.71. The van der Waals surface area contributed by atoms with Gasteiger partial charge in [0.1, 0.15) is 0 Å². The predicted molar refractivity (Wildman–Crippen MR) is 61.8 cm³/mol. The molecule has 8 heteroatoms. The fraction of sp³-hybridized carbons (Fsp3) is 0.667. The van der Waals surface area contributed by atoms with Gasteiger partial charge in [-0.15, -0.1) is 0 Å². The van der Waals surface area contributed by atoms with E-state index in [1.54, 1.807) is 7.05 Å². The molecular formula is C9H16N4O3S. The molecule has 1 aromatic heterocycles. The molecule has 1 saturated heterocycles. The van der Waals surface area contributed by atoms with Crippen LogP contribution in [0, 0.1) is 0 Å². The number of nitrogens with one attached hydrogen (secondary N) is 1. The molecule has 0 amide bonds. The molecule has 1 aromatic rings. The predicted octanol–water partition coefficient (Wildman–Crippen LogP) is -0.540. The molecule has 1 atom stereocenters. The van der Waals surface area contributed by atoms with E-state index >= 15 is 0 Å². The summed E-state index contributed by atoms with van der Waals surface area (Å²) >= 11 is 0. The highest BCUT2D eigenvalue weighted by molar-refractivity contribution is 7.89. The van der Waals surface area contributed by atoms with Crippen LogP contribution in [0.15, 0.2) is 11.4 Å². The van der Waals surface area contributed by atoms with E-state index in [1.165, 1.54) is 10.9 Å². The normalized spacial score (nSPS) is 25.3. The van der Waals surface area contributed by atoms with Gasteiger partial charge in [0, 0.05) is 13.7 Å². The van der Waals surface area contributed by atoms with Crippen molar-refractivity contribution in [1.82, 2.24) is 14.3 Å². The summed E-state index contributed by atoms with van der Waals surface area (Å²) in [4.78, 5) is 3.77. The van der Waals surface area contributed by atoms with Crippen molar-refractivity contribution in [2.75, 3.05) is 18.9 Å². The number of nitrogens with zero attached hydrogens (tertiary/aromatic N) is 2. The standard InChI is InChI=1S/C9H16N4O3S/c1-9(3-4-16-5-9)12-17(14,15)8-7(10)11-6-13(8)2/h6,12H,3-5,10H2,1-2H3. The molecule has 0 aromatic carbocycles. The molecule has 2 rings (SSSR count). The maximum atomic E-state index is 12.2. The number of aromatic nitrogens is 2. The van der Waals surface area contributed by atoms with Crippen LogP contribution in [0.5, 0.6) is 0 Å². The lowest BCUT2D eigenvalue weighted by Gasteiger charge is -2.23. The summed E-state index contributed by atoms with van der Waals surface area (Å²) in [6.07, 6.45) is 2.02. The Kier molecular flexibility index (Phi) is 2.88. The number of hydrogen-bond donors (Lipinski definition) is 2. The van der Waals surface area contributed by atoms with Crippen LogP contribution in [0.3, 0.4) is 0 Å². The Bertz CT molecular complexity index is 497. The highest BCUT2D eigenvalue weighted by atomic mass is 32.2. The Labute approximate surface area is 100 Å². The van der Waals surface area contributed by atoms with Crippen molar-refractivity contribution in [2.24, 2.45) is 7.05 Å². The van der Waals surface area contributed by atoms with Crippen molar-refractivity contribution in [3.05, 3.63) is 6.33 Å². The first-order chi connectivity index (χ1) is 7.84. The average molecular weight is 260 g/mol. The summed E-state index contributed by atoms with van der Waals surface area (Å²) in [5, 5.41) is -0.00868. The van der Waals surface area contributed by atoms with Crippen molar-refractivity contribution < 1.29 is 13.2 Å². The SMILES string of the molecule is Cn1cnc(N)c1S(=O)(=O)NC1(C)CCOC1. The minimum Gasteiger partial charge on any atom is -0.381 e. The summed E-state index contributed by atoms with van der Waals surface area (Å²) in [7, 11) is -2.09. The van der Waals surface area contributed by atoms with E-state index in [-0.39, 0.29) is 10.8 Å².